The number of amides is 1. The van der Waals surface area contributed by atoms with E-state index in [1.807, 2.05) is 19.1 Å². The van der Waals surface area contributed by atoms with Gasteiger partial charge in [-0.2, -0.15) is 0 Å². The molecule has 19 heavy (non-hydrogen) atoms. The fourth-order valence-corrected chi connectivity index (χ4v) is 2.49. The van der Waals surface area contributed by atoms with Gasteiger partial charge in [-0.15, -0.1) is 0 Å². The van der Waals surface area contributed by atoms with E-state index in [1.165, 1.54) is 25.3 Å². The summed E-state index contributed by atoms with van der Waals surface area (Å²) < 4.78 is 5.53. The lowest BCUT2D eigenvalue weighted by atomic mass is 10.0. The lowest BCUT2D eigenvalue weighted by Crippen LogP contribution is -2.23. The fourth-order valence-electron chi connectivity index (χ4n) is 2.49. The number of hydrogen-bond donors (Lipinski definition) is 2. The highest BCUT2D eigenvalue weighted by molar-refractivity contribution is 5.90. The Morgan fingerprint density at radius 2 is 2.37 bits per heavy atom. The Balaban J connectivity index is 2.13. The molecule has 0 radical (unpaired) electrons. The zero-order chi connectivity index (χ0) is 13.7. The van der Waals surface area contributed by atoms with E-state index in [-0.39, 0.29) is 5.91 Å². The molecule has 1 saturated heterocycles. The minimum absolute atomic E-state index is 0.0721. The Morgan fingerprint density at radius 3 is 3.00 bits per heavy atom. The third-order valence-corrected chi connectivity index (χ3v) is 3.30. The summed E-state index contributed by atoms with van der Waals surface area (Å²) in [6, 6.07) is 6.60. The largest absolute Gasteiger partial charge is 0.492 e. The third-order valence-electron chi connectivity index (χ3n) is 3.30. The average Bonchev–Trinajstić information content (AvgIpc) is 2.85. The topological polar surface area (TPSA) is 50.4 Å². The van der Waals surface area contributed by atoms with Crippen LogP contribution in [-0.2, 0) is 11.2 Å². The van der Waals surface area contributed by atoms with E-state index < -0.39 is 0 Å². The summed E-state index contributed by atoms with van der Waals surface area (Å²) in [6.07, 6.45) is 3.47. The summed E-state index contributed by atoms with van der Waals surface area (Å²) in [6.45, 7) is 5.16. The number of hydrogen-bond acceptors (Lipinski definition) is 3. The molecule has 2 N–H and O–H groups in total. The van der Waals surface area contributed by atoms with Crippen molar-refractivity contribution in [2.45, 2.75) is 39.2 Å². The first-order chi connectivity index (χ1) is 9.19. The first-order valence-electron chi connectivity index (χ1n) is 6.95. The molecule has 1 aromatic rings. The summed E-state index contributed by atoms with van der Waals surface area (Å²) in [7, 11) is 0. The van der Waals surface area contributed by atoms with Gasteiger partial charge in [-0.3, -0.25) is 4.79 Å². The van der Waals surface area contributed by atoms with Crippen molar-refractivity contribution < 1.29 is 9.53 Å². The zero-order valence-electron chi connectivity index (χ0n) is 11.7. The van der Waals surface area contributed by atoms with Gasteiger partial charge in [0.2, 0.25) is 5.91 Å². The first-order valence-corrected chi connectivity index (χ1v) is 6.95. The number of anilines is 1. The molecule has 0 aliphatic carbocycles. The molecule has 1 fully saturated rings. The molecule has 1 unspecified atom stereocenters. The Morgan fingerprint density at radius 1 is 1.53 bits per heavy atom. The zero-order valence-corrected chi connectivity index (χ0v) is 11.7. The molecular formula is C15H22N2O2. The number of carbonyl (C=O) groups excluding carboxylic acids is 1. The van der Waals surface area contributed by atoms with E-state index in [1.54, 1.807) is 0 Å². The normalized spacial score (nSPS) is 18.3. The lowest BCUT2D eigenvalue weighted by Gasteiger charge is -2.14. The number of benzene rings is 1. The highest BCUT2D eigenvalue weighted by atomic mass is 16.5. The highest BCUT2D eigenvalue weighted by Gasteiger charge is 2.15. The molecule has 1 amide bonds. The summed E-state index contributed by atoms with van der Waals surface area (Å²) in [4.78, 5) is 11.2. The van der Waals surface area contributed by atoms with Gasteiger partial charge in [0.1, 0.15) is 5.75 Å². The van der Waals surface area contributed by atoms with E-state index in [2.05, 4.69) is 16.7 Å². The van der Waals surface area contributed by atoms with Crippen molar-refractivity contribution in [2.24, 2.45) is 0 Å². The van der Waals surface area contributed by atoms with Crippen molar-refractivity contribution in [2.75, 3.05) is 18.5 Å². The van der Waals surface area contributed by atoms with Crippen molar-refractivity contribution in [3.05, 3.63) is 23.8 Å². The van der Waals surface area contributed by atoms with Crippen molar-refractivity contribution in [1.82, 2.24) is 5.32 Å². The molecule has 4 nitrogen and oxygen atoms in total. The van der Waals surface area contributed by atoms with Gasteiger partial charge in [0.15, 0.2) is 0 Å². The minimum atomic E-state index is -0.0721. The van der Waals surface area contributed by atoms with Crippen molar-refractivity contribution in [1.29, 1.82) is 0 Å². The molecular weight excluding hydrogens is 240 g/mol. The molecule has 1 aliphatic heterocycles. The third kappa shape index (κ3) is 3.96. The van der Waals surface area contributed by atoms with Crippen LogP contribution in [0, 0.1) is 0 Å². The summed E-state index contributed by atoms with van der Waals surface area (Å²) in [5.74, 6) is 0.665. The van der Waals surface area contributed by atoms with Crippen LogP contribution in [0.4, 0.5) is 5.69 Å². The first kappa shape index (κ1) is 13.9. The maximum Gasteiger partial charge on any atom is 0.221 e. The number of nitrogens with one attached hydrogen (secondary N) is 2. The molecule has 0 spiro atoms. The Bertz CT molecular complexity index is 440. The van der Waals surface area contributed by atoms with E-state index >= 15 is 0 Å². The van der Waals surface area contributed by atoms with Crippen molar-refractivity contribution >= 4 is 11.6 Å². The van der Waals surface area contributed by atoms with Gasteiger partial charge in [0.05, 0.1) is 12.3 Å². The van der Waals surface area contributed by atoms with Crippen LogP contribution in [0.1, 0.15) is 32.3 Å². The SMILES string of the molecule is CCOc1ccc(CC2CCCN2)cc1NC(C)=O. The lowest BCUT2D eigenvalue weighted by molar-refractivity contribution is -0.114. The molecule has 0 aromatic heterocycles. The predicted octanol–water partition coefficient (Wildman–Crippen LogP) is 2.34. The van der Waals surface area contributed by atoms with Crippen LogP contribution in [0.5, 0.6) is 5.75 Å². The van der Waals surface area contributed by atoms with Gasteiger partial charge in [-0.1, -0.05) is 6.07 Å². The van der Waals surface area contributed by atoms with Crippen LogP contribution in [0.2, 0.25) is 0 Å². The van der Waals surface area contributed by atoms with Gasteiger partial charge < -0.3 is 15.4 Å². The predicted molar refractivity (Wildman–Crippen MR) is 76.6 cm³/mol. The second-order valence-corrected chi connectivity index (χ2v) is 4.94. The van der Waals surface area contributed by atoms with E-state index in [4.69, 9.17) is 4.74 Å². The van der Waals surface area contributed by atoms with Crippen LogP contribution in [-0.4, -0.2) is 25.1 Å². The number of rotatable bonds is 5. The Kier molecular flexibility index (Phi) is 4.80. The quantitative estimate of drug-likeness (QED) is 0.856. The highest BCUT2D eigenvalue weighted by Crippen LogP contribution is 2.27. The molecule has 0 bridgehead atoms. The molecule has 0 saturated carbocycles. The van der Waals surface area contributed by atoms with Crippen LogP contribution in [0.3, 0.4) is 0 Å². The smallest absolute Gasteiger partial charge is 0.221 e. The maximum absolute atomic E-state index is 11.2. The molecule has 1 aliphatic rings. The Hall–Kier alpha value is -1.55. The van der Waals surface area contributed by atoms with E-state index in [9.17, 15) is 4.79 Å². The van der Waals surface area contributed by atoms with Gasteiger partial charge in [-0.05, 0) is 50.4 Å². The number of carbonyl (C=O) groups is 1. The Labute approximate surface area is 114 Å². The second kappa shape index (κ2) is 6.57. The minimum Gasteiger partial charge on any atom is -0.492 e. The van der Waals surface area contributed by atoms with Crippen molar-refractivity contribution in [3.63, 3.8) is 0 Å². The summed E-state index contributed by atoms with van der Waals surface area (Å²) in [5, 5.41) is 6.33. The van der Waals surface area contributed by atoms with Crippen molar-refractivity contribution in [3.8, 4) is 5.75 Å². The van der Waals surface area contributed by atoms with Crippen LogP contribution in [0.25, 0.3) is 0 Å². The fraction of sp³-hybridized carbons (Fsp3) is 0.533. The summed E-state index contributed by atoms with van der Waals surface area (Å²) in [5.41, 5.74) is 2.00. The van der Waals surface area contributed by atoms with Gasteiger partial charge in [0.25, 0.3) is 0 Å². The van der Waals surface area contributed by atoms with Crippen LogP contribution in [0.15, 0.2) is 18.2 Å². The number of ether oxygens (including phenoxy) is 1. The molecule has 1 atom stereocenters. The molecule has 1 heterocycles. The summed E-state index contributed by atoms with van der Waals surface area (Å²) >= 11 is 0. The van der Waals surface area contributed by atoms with Gasteiger partial charge in [-0.25, -0.2) is 0 Å². The van der Waals surface area contributed by atoms with Crippen LogP contribution >= 0.6 is 0 Å². The monoisotopic (exact) mass is 262 g/mol. The van der Waals surface area contributed by atoms with Crippen LogP contribution < -0.4 is 15.4 Å². The van der Waals surface area contributed by atoms with E-state index in [0.29, 0.717) is 12.6 Å². The standard InChI is InChI=1S/C15H22N2O2/c1-3-19-15-7-6-12(9-13-5-4-8-16-13)10-14(15)17-11(2)18/h6-7,10,13,16H,3-5,8-9H2,1-2H3,(H,17,18). The maximum atomic E-state index is 11.2. The second-order valence-electron chi connectivity index (χ2n) is 4.94. The molecule has 2 rings (SSSR count). The van der Waals surface area contributed by atoms with Gasteiger partial charge in [0, 0.05) is 13.0 Å². The van der Waals surface area contributed by atoms with E-state index in [0.717, 1.165) is 24.4 Å². The molecule has 104 valence electrons. The molecule has 4 heteroatoms. The molecule has 1 aromatic carbocycles. The average molecular weight is 262 g/mol. The van der Waals surface area contributed by atoms with Gasteiger partial charge >= 0.3 is 0 Å².